The Labute approximate surface area is 113 Å². The number of methoxy groups -OCH3 is 1. The van der Waals surface area contributed by atoms with E-state index in [1.165, 1.54) is 7.11 Å². The van der Waals surface area contributed by atoms with Crippen LogP contribution < -0.4 is 5.32 Å². The quantitative estimate of drug-likeness (QED) is 0.759. The Kier molecular flexibility index (Phi) is 5.13. The third-order valence-electron chi connectivity index (χ3n) is 3.70. The highest BCUT2D eigenvalue weighted by Crippen LogP contribution is 2.25. The minimum atomic E-state index is -1.30. The number of nitrogens with one attached hydrogen (secondary N) is 1. The van der Waals surface area contributed by atoms with Crippen LogP contribution in [-0.4, -0.2) is 69.1 Å². The van der Waals surface area contributed by atoms with Crippen molar-refractivity contribution in [3.8, 4) is 0 Å². The molecule has 0 aromatic carbocycles. The minimum absolute atomic E-state index is 0.0582. The molecule has 0 radical (unpaired) electrons. The van der Waals surface area contributed by atoms with Gasteiger partial charge in [-0.25, -0.2) is 4.39 Å². The van der Waals surface area contributed by atoms with Crippen molar-refractivity contribution in [3.63, 3.8) is 0 Å². The lowest BCUT2D eigenvalue weighted by atomic mass is 10.1. The third kappa shape index (κ3) is 4.40. The summed E-state index contributed by atoms with van der Waals surface area (Å²) in [6, 6.07) is 0. The summed E-state index contributed by atoms with van der Waals surface area (Å²) in [6.45, 7) is 2.57. The second-order valence-corrected chi connectivity index (χ2v) is 5.48. The van der Waals surface area contributed by atoms with Crippen molar-refractivity contribution >= 4 is 5.91 Å². The first-order chi connectivity index (χ1) is 9.11. The first-order valence-electron chi connectivity index (χ1n) is 6.90. The van der Waals surface area contributed by atoms with E-state index in [0.717, 1.165) is 19.4 Å². The molecule has 2 aliphatic heterocycles. The highest BCUT2D eigenvalue weighted by atomic mass is 19.1. The van der Waals surface area contributed by atoms with Crippen molar-refractivity contribution in [2.75, 3.05) is 46.5 Å². The topological polar surface area (TPSA) is 50.8 Å². The average molecular weight is 274 g/mol. The molecule has 2 unspecified atom stereocenters. The van der Waals surface area contributed by atoms with Gasteiger partial charge in [-0.1, -0.05) is 0 Å². The maximum absolute atomic E-state index is 14.1. The lowest BCUT2D eigenvalue weighted by Crippen LogP contribution is -2.41. The molecule has 0 aromatic rings. The van der Waals surface area contributed by atoms with E-state index in [2.05, 4.69) is 5.32 Å². The van der Waals surface area contributed by atoms with Gasteiger partial charge in [0, 0.05) is 33.4 Å². The first kappa shape index (κ1) is 14.7. The first-order valence-corrected chi connectivity index (χ1v) is 6.90. The number of alkyl halides is 1. The molecule has 1 amide bonds. The van der Waals surface area contributed by atoms with E-state index in [1.807, 2.05) is 4.90 Å². The number of hydrogen-bond donors (Lipinski definition) is 1. The van der Waals surface area contributed by atoms with Crippen LogP contribution in [0.3, 0.4) is 0 Å². The summed E-state index contributed by atoms with van der Waals surface area (Å²) in [4.78, 5) is 13.6. The molecule has 0 bridgehead atoms. The van der Waals surface area contributed by atoms with Gasteiger partial charge in [-0.3, -0.25) is 9.69 Å². The molecule has 0 saturated carbocycles. The Bertz CT molecular complexity index is 310. The Hall–Kier alpha value is -0.720. The van der Waals surface area contributed by atoms with E-state index in [4.69, 9.17) is 9.47 Å². The van der Waals surface area contributed by atoms with Crippen LogP contribution >= 0.6 is 0 Å². The monoisotopic (exact) mass is 274 g/mol. The van der Waals surface area contributed by atoms with Crippen LogP contribution in [0.5, 0.6) is 0 Å². The zero-order chi connectivity index (χ0) is 13.7. The molecule has 0 aromatic heterocycles. The highest BCUT2D eigenvalue weighted by Gasteiger charge is 2.38. The summed E-state index contributed by atoms with van der Waals surface area (Å²) in [5.41, 5.74) is -1.30. The predicted molar refractivity (Wildman–Crippen MR) is 68.8 cm³/mol. The van der Waals surface area contributed by atoms with Crippen LogP contribution in [0, 0.1) is 0 Å². The summed E-state index contributed by atoms with van der Waals surface area (Å²) in [5.74, 6) is -0.0582. The number of nitrogens with zero attached hydrogens (tertiary/aromatic N) is 1. The van der Waals surface area contributed by atoms with Crippen molar-refractivity contribution in [1.82, 2.24) is 10.2 Å². The van der Waals surface area contributed by atoms with Gasteiger partial charge in [0.15, 0.2) is 0 Å². The molecular weight excluding hydrogens is 251 g/mol. The lowest BCUT2D eigenvalue weighted by Gasteiger charge is -2.20. The van der Waals surface area contributed by atoms with Crippen molar-refractivity contribution < 1.29 is 18.7 Å². The molecule has 2 atom stereocenters. The molecule has 19 heavy (non-hydrogen) atoms. The standard InChI is InChI=1S/C13H23FN2O3/c1-18-10-13(14)4-5-16(9-13)8-12(17)15-7-11-3-2-6-19-11/h11H,2-10H2,1H3,(H,15,17). The fraction of sp³-hybridized carbons (Fsp3) is 0.923. The van der Waals surface area contributed by atoms with Gasteiger partial charge in [0.05, 0.1) is 19.3 Å². The normalized spacial score (nSPS) is 31.8. The summed E-state index contributed by atoms with van der Waals surface area (Å²) >= 11 is 0. The van der Waals surface area contributed by atoms with Crippen LogP contribution in [0.15, 0.2) is 0 Å². The number of carbonyl (C=O) groups is 1. The van der Waals surface area contributed by atoms with Gasteiger partial charge in [-0.2, -0.15) is 0 Å². The fourth-order valence-corrected chi connectivity index (χ4v) is 2.72. The SMILES string of the molecule is COCC1(F)CCN(CC(=O)NCC2CCCO2)C1. The van der Waals surface area contributed by atoms with Gasteiger partial charge in [0.1, 0.15) is 5.67 Å². The van der Waals surface area contributed by atoms with Crippen LogP contribution in [0.2, 0.25) is 0 Å². The fourth-order valence-electron chi connectivity index (χ4n) is 2.72. The van der Waals surface area contributed by atoms with E-state index in [1.54, 1.807) is 0 Å². The van der Waals surface area contributed by atoms with Gasteiger partial charge < -0.3 is 14.8 Å². The third-order valence-corrected chi connectivity index (χ3v) is 3.70. The Morgan fingerprint density at radius 3 is 3.16 bits per heavy atom. The molecule has 2 fully saturated rings. The van der Waals surface area contributed by atoms with Gasteiger partial charge in [0.2, 0.25) is 5.91 Å². The van der Waals surface area contributed by atoms with Crippen LogP contribution in [0.25, 0.3) is 0 Å². The van der Waals surface area contributed by atoms with Crippen LogP contribution in [0.1, 0.15) is 19.3 Å². The van der Waals surface area contributed by atoms with Gasteiger partial charge in [0.25, 0.3) is 0 Å². The van der Waals surface area contributed by atoms with Crippen molar-refractivity contribution in [2.45, 2.75) is 31.0 Å². The van der Waals surface area contributed by atoms with Crippen LogP contribution in [0.4, 0.5) is 4.39 Å². The maximum atomic E-state index is 14.1. The van der Waals surface area contributed by atoms with Crippen molar-refractivity contribution in [2.24, 2.45) is 0 Å². The molecule has 2 saturated heterocycles. The molecule has 2 rings (SSSR count). The molecule has 1 N–H and O–H groups in total. The molecule has 6 heteroatoms. The Balaban J connectivity index is 1.65. The van der Waals surface area contributed by atoms with Gasteiger partial charge in [-0.15, -0.1) is 0 Å². The molecule has 110 valence electrons. The smallest absolute Gasteiger partial charge is 0.234 e. The molecule has 0 aliphatic carbocycles. The van der Waals surface area contributed by atoms with Gasteiger partial charge >= 0.3 is 0 Å². The predicted octanol–water partition coefficient (Wildman–Crippen LogP) is 0.342. The van der Waals surface area contributed by atoms with Crippen molar-refractivity contribution in [3.05, 3.63) is 0 Å². The Morgan fingerprint density at radius 1 is 1.63 bits per heavy atom. The number of amides is 1. The zero-order valence-corrected chi connectivity index (χ0v) is 11.5. The minimum Gasteiger partial charge on any atom is -0.381 e. The number of rotatable bonds is 6. The van der Waals surface area contributed by atoms with E-state index in [9.17, 15) is 9.18 Å². The number of halogens is 1. The average Bonchev–Trinajstić information content (AvgIpc) is 2.97. The lowest BCUT2D eigenvalue weighted by molar-refractivity contribution is -0.122. The number of likely N-dealkylation sites (tertiary alicyclic amines) is 1. The second kappa shape index (κ2) is 6.63. The largest absolute Gasteiger partial charge is 0.381 e. The Morgan fingerprint density at radius 2 is 2.47 bits per heavy atom. The molecule has 2 heterocycles. The van der Waals surface area contributed by atoms with E-state index in [0.29, 0.717) is 19.5 Å². The summed E-state index contributed by atoms with van der Waals surface area (Å²) < 4.78 is 24.4. The second-order valence-electron chi connectivity index (χ2n) is 5.48. The molecular formula is C13H23FN2O3. The summed E-state index contributed by atoms with van der Waals surface area (Å²) in [5, 5.41) is 2.85. The number of carbonyl (C=O) groups excluding carboxylic acids is 1. The summed E-state index contributed by atoms with van der Waals surface area (Å²) in [7, 11) is 1.50. The molecule has 0 spiro atoms. The molecule has 5 nitrogen and oxygen atoms in total. The zero-order valence-electron chi connectivity index (χ0n) is 11.5. The van der Waals surface area contributed by atoms with E-state index in [-0.39, 0.29) is 31.7 Å². The number of ether oxygens (including phenoxy) is 2. The maximum Gasteiger partial charge on any atom is 0.234 e. The van der Waals surface area contributed by atoms with Crippen LogP contribution in [-0.2, 0) is 14.3 Å². The highest BCUT2D eigenvalue weighted by molar-refractivity contribution is 5.78. The van der Waals surface area contributed by atoms with E-state index < -0.39 is 5.67 Å². The van der Waals surface area contributed by atoms with Crippen molar-refractivity contribution in [1.29, 1.82) is 0 Å². The van der Waals surface area contributed by atoms with Gasteiger partial charge in [-0.05, 0) is 19.3 Å². The molecule has 2 aliphatic rings. The van der Waals surface area contributed by atoms with E-state index >= 15 is 0 Å². The number of hydrogen-bond acceptors (Lipinski definition) is 4. The summed E-state index contributed by atoms with van der Waals surface area (Å²) in [6.07, 6.45) is 2.65.